The highest BCUT2D eigenvalue weighted by Crippen LogP contribution is 2.33. The number of benzene rings is 1. The van der Waals surface area contributed by atoms with Crippen molar-refractivity contribution in [3.05, 3.63) is 77.7 Å². The van der Waals surface area contributed by atoms with Gasteiger partial charge in [0.2, 0.25) is 0 Å². The molecule has 1 aliphatic heterocycles. The highest BCUT2D eigenvalue weighted by atomic mass is 35.5. The number of nitrogens with two attached hydrogens (primary N) is 1. The summed E-state index contributed by atoms with van der Waals surface area (Å²) in [5.74, 6) is 0.721. The lowest BCUT2D eigenvalue weighted by atomic mass is 9.84. The van der Waals surface area contributed by atoms with E-state index in [1.54, 1.807) is 6.20 Å². The second-order valence-corrected chi connectivity index (χ2v) is 7.90. The zero-order chi connectivity index (χ0) is 19.8. The highest BCUT2D eigenvalue weighted by molar-refractivity contribution is 6.30. The monoisotopic (exact) mass is 396 g/mol. The Bertz CT molecular complexity index is 768. The number of allylic oxidation sites excluding steroid dienone is 1. The first kappa shape index (κ1) is 20.6. The SMILES string of the molecule is C=C1CC=C(c2ccnnc2)CN1C1CCC(CN)CC1.Clc1ccccc1. The molecule has 2 aromatic rings. The Morgan fingerprint density at radius 1 is 1.07 bits per heavy atom. The normalized spacial score (nSPS) is 22.1. The molecule has 0 unspecified atom stereocenters. The lowest BCUT2D eigenvalue weighted by molar-refractivity contribution is 0.185. The van der Waals surface area contributed by atoms with E-state index >= 15 is 0 Å². The molecule has 28 heavy (non-hydrogen) atoms. The Labute approximate surface area is 173 Å². The van der Waals surface area contributed by atoms with E-state index in [1.807, 2.05) is 42.6 Å². The zero-order valence-electron chi connectivity index (χ0n) is 16.3. The van der Waals surface area contributed by atoms with Gasteiger partial charge in [0.25, 0.3) is 0 Å². The molecule has 0 spiro atoms. The van der Waals surface area contributed by atoms with E-state index in [1.165, 1.54) is 42.5 Å². The van der Waals surface area contributed by atoms with E-state index in [-0.39, 0.29) is 0 Å². The molecule has 4 nitrogen and oxygen atoms in total. The topological polar surface area (TPSA) is 55.0 Å². The largest absolute Gasteiger partial charge is 0.368 e. The van der Waals surface area contributed by atoms with Crippen LogP contribution in [0.25, 0.3) is 5.57 Å². The minimum absolute atomic E-state index is 0.624. The van der Waals surface area contributed by atoms with Gasteiger partial charge in [-0.25, -0.2) is 0 Å². The van der Waals surface area contributed by atoms with E-state index in [0.29, 0.717) is 6.04 Å². The van der Waals surface area contributed by atoms with Gasteiger partial charge >= 0.3 is 0 Å². The standard InChI is InChI=1S/C17H24N4.C6H5Cl/c1-13-2-5-16(15-8-9-19-20-11-15)12-21(13)17-6-3-14(10-18)4-7-17;7-6-4-2-1-3-5-6/h5,8-9,11,14,17H,1-4,6-7,10,12,18H2;1-5H. The number of halogens is 1. The average Bonchev–Trinajstić information content (AvgIpc) is 2.76. The van der Waals surface area contributed by atoms with Crippen LogP contribution in [0.4, 0.5) is 0 Å². The minimum atomic E-state index is 0.624. The van der Waals surface area contributed by atoms with Crippen molar-refractivity contribution in [3.63, 3.8) is 0 Å². The van der Waals surface area contributed by atoms with Crippen LogP contribution in [0.5, 0.6) is 0 Å². The van der Waals surface area contributed by atoms with Crippen LogP contribution in [0.2, 0.25) is 5.02 Å². The van der Waals surface area contributed by atoms with Crippen molar-refractivity contribution in [3.8, 4) is 0 Å². The van der Waals surface area contributed by atoms with Gasteiger partial charge in [-0.3, -0.25) is 0 Å². The van der Waals surface area contributed by atoms with Crippen molar-refractivity contribution < 1.29 is 0 Å². The van der Waals surface area contributed by atoms with Crippen LogP contribution in [0.1, 0.15) is 37.7 Å². The van der Waals surface area contributed by atoms with E-state index in [2.05, 4.69) is 27.8 Å². The molecule has 1 fully saturated rings. The summed E-state index contributed by atoms with van der Waals surface area (Å²) < 4.78 is 0. The second kappa shape index (κ2) is 10.4. The van der Waals surface area contributed by atoms with Gasteiger partial charge in [-0.05, 0) is 61.9 Å². The summed E-state index contributed by atoms with van der Waals surface area (Å²) in [6.45, 7) is 6.05. The summed E-state index contributed by atoms with van der Waals surface area (Å²) >= 11 is 5.54. The summed E-state index contributed by atoms with van der Waals surface area (Å²) in [7, 11) is 0. The molecule has 1 aromatic heterocycles. The van der Waals surface area contributed by atoms with Gasteiger partial charge in [0, 0.05) is 35.3 Å². The number of rotatable bonds is 3. The Morgan fingerprint density at radius 3 is 2.39 bits per heavy atom. The minimum Gasteiger partial charge on any atom is -0.368 e. The third kappa shape index (κ3) is 5.66. The fourth-order valence-corrected chi connectivity index (χ4v) is 4.05. The van der Waals surface area contributed by atoms with Crippen molar-refractivity contribution in [2.45, 2.75) is 38.1 Å². The fourth-order valence-electron chi connectivity index (χ4n) is 3.90. The molecule has 0 atom stereocenters. The predicted octanol–water partition coefficient (Wildman–Crippen LogP) is 4.94. The molecule has 5 heteroatoms. The van der Waals surface area contributed by atoms with Gasteiger partial charge in [-0.15, -0.1) is 0 Å². The molecule has 0 amide bonds. The van der Waals surface area contributed by atoms with Crippen molar-refractivity contribution >= 4 is 17.2 Å². The quantitative estimate of drug-likeness (QED) is 0.798. The van der Waals surface area contributed by atoms with Gasteiger partial charge in [-0.2, -0.15) is 10.2 Å². The van der Waals surface area contributed by atoms with E-state index in [0.717, 1.165) is 30.5 Å². The third-order valence-electron chi connectivity index (χ3n) is 5.61. The molecule has 4 rings (SSSR count). The summed E-state index contributed by atoms with van der Waals surface area (Å²) in [6.07, 6.45) is 11.8. The lowest BCUT2D eigenvalue weighted by Gasteiger charge is -2.41. The second-order valence-electron chi connectivity index (χ2n) is 7.46. The van der Waals surface area contributed by atoms with Crippen LogP contribution in [-0.2, 0) is 0 Å². The van der Waals surface area contributed by atoms with Crippen LogP contribution in [0.3, 0.4) is 0 Å². The summed E-state index contributed by atoms with van der Waals surface area (Å²) in [5, 5.41) is 8.65. The Morgan fingerprint density at radius 2 is 1.82 bits per heavy atom. The molecule has 2 heterocycles. The number of hydrogen-bond donors (Lipinski definition) is 1. The maximum Gasteiger partial charge on any atom is 0.0571 e. The molecule has 0 saturated heterocycles. The summed E-state index contributed by atoms with van der Waals surface area (Å²) in [4.78, 5) is 2.50. The number of nitrogens with zero attached hydrogens (tertiary/aromatic N) is 3. The van der Waals surface area contributed by atoms with E-state index in [9.17, 15) is 0 Å². The van der Waals surface area contributed by atoms with Gasteiger partial charge < -0.3 is 10.6 Å². The predicted molar refractivity (Wildman–Crippen MR) is 117 cm³/mol. The van der Waals surface area contributed by atoms with Crippen LogP contribution in [-0.4, -0.2) is 34.2 Å². The number of aromatic nitrogens is 2. The van der Waals surface area contributed by atoms with Crippen LogP contribution >= 0.6 is 11.6 Å². The Hall–Kier alpha value is -2.17. The first-order chi connectivity index (χ1) is 13.7. The third-order valence-corrected chi connectivity index (χ3v) is 5.86. The lowest BCUT2D eigenvalue weighted by Crippen LogP contribution is -2.40. The number of hydrogen-bond acceptors (Lipinski definition) is 4. The summed E-state index contributed by atoms with van der Waals surface area (Å²) in [6, 6.07) is 12.1. The first-order valence-electron chi connectivity index (χ1n) is 9.98. The van der Waals surface area contributed by atoms with Crippen LogP contribution in [0.15, 0.2) is 67.1 Å². The molecule has 0 bridgehead atoms. The van der Waals surface area contributed by atoms with Gasteiger partial charge in [0.15, 0.2) is 0 Å². The van der Waals surface area contributed by atoms with Crippen molar-refractivity contribution in [2.75, 3.05) is 13.1 Å². The molecule has 148 valence electrons. The molecule has 2 N–H and O–H groups in total. The molecule has 2 aliphatic rings. The molecule has 1 saturated carbocycles. The highest BCUT2D eigenvalue weighted by Gasteiger charge is 2.28. The van der Waals surface area contributed by atoms with Crippen LogP contribution < -0.4 is 5.73 Å². The van der Waals surface area contributed by atoms with Crippen LogP contribution in [0, 0.1) is 5.92 Å². The smallest absolute Gasteiger partial charge is 0.0571 e. The fraction of sp³-hybridized carbons (Fsp3) is 0.391. The maximum atomic E-state index is 5.80. The van der Waals surface area contributed by atoms with Gasteiger partial charge in [0.05, 0.1) is 12.4 Å². The molecule has 1 aliphatic carbocycles. The van der Waals surface area contributed by atoms with E-state index < -0.39 is 0 Å². The van der Waals surface area contributed by atoms with Crippen molar-refractivity contribution in [1.82, 2.24) is 15.1 Å². The van der Waals surface area contributed by atoms with Crippen molar-refractivity contribution in [2.24, 2.45) is 11.7 Å². The molecule has 0 radical (unpaired) electrons. The maximum absolute atomic E-state index is 5.80. The Balaban J connectivity index is 0.000000271. The van der Waals surface area contributed by atoms with Gasteiger partial charge in [0.1, 0.15) is 0 Å². The van der Waals surface area contributed by atoms with Crippen molar-refractivity contribution in [1.29, 1.82) is 0 Å². The Kier molecular flexibility index (Phi) is 7.63. The first-order valence-corrected chi connectivity index (χ1v) is 10.4. The zero-order valence-corrected chi connectivity index (χ0v) is 17.1. The average molecular weight is 397 g/mol. The molecular weight excluding hydrogens is 368 g/mol. The summed E-state index contributed by atoms with van der Waals surface area (Å²) in [5.41, 5.74) is 9.57. The molecular formula is C23H29ClN4. The van der Waals surface area contributed by atoms with E-state index in [4.69, 9.17) is 17.3 Å². The van der Waals surface area contributed by atoms with Gasteiger partial charge in [-0.1, -0.05) is 42.5 Å². The molecule has 1 aromatic carbocycles.